The number of carbonyl (C=O) groups is 2. The summed E-state index contributed by atoms with van der Waals surface area (Å²) >= 11 is 0. The van der Waals surface area contributed by atoms with Crippen molar-refractivity contribution >= 4 is 17.6 Å². The van der Waals surface area contributed by atoms with Crippen LogP contribution in [0.5, 0.6) is 0 Å². The topological polar surface area (TPSA) is 83.1 Å². The average molecular weight is 326 g/mol. The molecule has 3 N–H and O–H groups in total. The first-order chi connectivity index (χ1) is 11.4. The summed E-state index contributed by atoms with van der Waals surface area (Å²) in [5, 5.41) is 8.03. The Bertz CT molecular complexity index is 696. The summed E-state index contributed by atoms with van der Waals surface area (Å²) in [6.45, 7) is 5.84. The van der Waals surface area contributed by atoms with Gasteiger partial charge in [-0.3, -0.25) is 9.78 Å². The first kappa shape index (κ1) is 17.5. The lowest BCUT2D eigenvalue weighted by Crippen LogP contribution is -2.41. The molecule has 0 radical (unpaired) electrons. The fraction of sp³-hybridized carbons (Fsp3) is 0.278. The molecule has 2 aromatic rings. The predicted molar refractivity (Wildman–Crippen MR) is 93.7 cm³/mol. The molecule has 0 unspecified atom stereocenters. The molecule has 6 heteroatoms. The number of carbonyl (C=O) groups excluding carboxylic acids is 2. The minimum absolute atomic E-state index is 0.111. The monoisotopic (exact) mass is 326 g/mol. The summed E-state index contributed by atoms with van der Waals surface area (Å²) in [6, 6.07) is 9.07. The van der Waals surface area contributed by atoms with Gasteiger partial charge in [-0.05, 0) is 38.5 Å². The van der Waals surface area contributed by atoms with Crippen LogP contribution in [-0.2, 0) is 4.79 Å². The lowest BCUT2D eigenvalue weighted by atomic mass is 10.0. The lowest BCUT2D eigenvalue weighted by Gasteiger charge is -2.16. The third-order valence-electron chi connectivity index (χ3n) is 3.45. The first-order valence-electron chi connectivity index (χ1n) is 7.76. The standard InChI is InChI=1S/C18H22N4O2/c1-12-7-13(2)9-15(8-12)14(3)21-18(24)20-11-17(23)22-16-5-4-6-19-10-16/h4-10,14H,11H2,1-3H3,(H,22,23)(H2,20,21,24)/t14-/m0/s1. The fourth-order valence-corrected chi connectivity index (χ4v) is 2.39. The molecule has 1 aromatic heterocycles. The van der Waals surface area contributed by atoms with Crippen LogP contribution in [0.25, 0.3) is 0 Å². The molecule has 0 aliphatic heterocycles. The van der Waals surface area contributed by atoms with Crippen molar-refractivity contribution in [3.8, 4) is 0 Å². The molecule has 1 heterocycles. The third kappa shape index (κ3) is 5.39. The molecule has 6 nitrogen and oxygen atoms in total. The Morgan fingerprint density at radius 3 is 2.50 bits per heavy atom. The van der Waals surface area contributed by atoms with Crippen LogP contribution in [0.3, 0.4) is 0 Å². The smallest absolute Gasteiger partial charge is 0.315 e. The molecule has 0 saturated heterocycles. The summed E-state index contributed by atoms with van der Waals surface area (Å²) in [6.07, 6.45) is 3.16. The van der Waals surface area contributed by atoms with Gasteiger partial charge in [0.1, 0.15) is 0 Å². The molecule has 2 rings (SSSR count). The Morgan fingerprint density at radius 2 is 1.88 bits per heavy atom. The zero-order chi connectivity index (χ0) is 17.5. The highest BCUT2D eigenvalue weighted by molar-refractivity contribution is 5.94. The molecule has 1 aromatic carbocycles. The number of pyridine rings is 1. The average Bonchev–Trinajstić information content (AvgIpc) is 2.53. The van der Waals surface area contributed by atoms with Crippen LogP contribution < -0.4 is 16.0 Å². The van der Waals surface area contributed by atoms with Crippen LogP contribution in [-0.4, -0.2) is 23.5 Å². The number of benzene rings is 1. The van der Waals surface area contributed by atoms with Crippen molar-refractivity contribution in [2.24, 2.45) is 0 Å². The second-order valence-electron chi connectivity index (χ2n) is 5.76. The number of rotatable bonds is 5. The Balaban J connectivity index is 1.81. The number of hydrogen-bond acceptors (Lipinski definition) is 3. The number of amides is 3. The third-order valence-corrected chi connectivity index (χ3v) is 3.45. The maximum absolute atomic E-state index is 11.9. The molecule has 3 amide bonds. The Hall–Kier alpha value is -2.89. The zero-order valence-corrected chi connectivity index (χ0v) is 14.1. The SMILES string of the molecule is Cc1cc(C)cc([C@H](C)NC(=O)NCC(=O)Nc2cccnc2)c1. The summed E-state index contributed by atoms with van der Waals surface area (Å²) in [7, 11) is 0. The molecule has 1 atom stereocenters. The largest absolute Gasteiger partial charge is 0.332 e. The van der Waals surface area contributed by atoms with Crippen LogP contribution >= 0.6 is 0 Å². The zero-order valence-electron chi connectivity index (χ0n) is 14.1. The Kier molecular flexibility index (Phi) is 5.89. The second-order valence-corrected chi connectivity index (χ2v) is 5.76. The quantitative estimate of drug-likeness (QED) is 0.790. The number of aryl methyl sites for hydroxylation is 2. The van der Waals surface area contributed by atoms with Gasteiger partial charge >= 0.3 is 6.03 Å². The molecular formula is C18H22N4O2. The van der Waals surface area contributed by atoms with Gasteiger partial charge in [0.05, 0.1) is 24.5 Å². The van der Waals surface area contributed by atoms with Gasteiger partial charge in [-0.15, -0.1) is 0 Å². The van der Waals surface area contributed by atoms with E-state index < -0.39 is 0 Å². The van der Waals surface area contributed by atoms with Gasteiger partial charge in [-0.25, -0.2) is 4.79 Å². The molecular weight excluding hydrogens is 304 g/mol. The van der Waals surface area contributed by atoms with Crippen molar-refractivity contribution in [2.75, 3.05) is 11.9 Å². The minimum atomic E-state index is -0.386. The van der Waals surface area contributed by atoms with E-state index in [1.165, 1.54) is 0 Å². The fourth-order valence-electron chi connectivity index (χ4n) is 2.39. The second kappa shape index (κ2) is 8.10. The number of urea groups is 1. The van der Waals surface area contributed by atoms with E-state index in [9.17, 15) is 9.59 Å². The molecule has 0 aliphatic rings. The van der Waals surface area contributed by atoms with Crippen molar-refractivity contribution in [3.05, 3.63) is 59.4 Å². The molecule has 0 spiro atoms. The van der Waals surface area contributed by atoms with E-state index in [0.717, 1.165) is 16.7 Å². The molecule has 0 bridgehead atoms. The summed E-state index contributed by atoms with van der Waals surface area (Å²) in [4.78, 5) is 27.6. The van der Waals surface area contributed by atoms with Crippen molar-refractivity contribution in [3.63, 3.8) is 0 Å². The number of anilines is 1. The molecule has 0 fully saturated rings. The van der Waals surface area contributed by atoms with E-state index in [0.29, 0.717) is 5.69 Å². The van der Waals surface area contributed by atoms with Gasteiger partial charge in [0, 0.05) is 6.20 Å². The Labute approximate surface area is 141 Å². The van der Waals surface area contributed by atoms with E-state index in [1.807, 2.05) is 32.9 Å². The Morgan fingerprint density at radius 1 is 1.17 bits per heavy atom. The predicted octanol–water partition coefficient (Wildman–Crippen LogP) is 2.70. The number of nitrogens with one attached hydrogen (secondary N) is 3. The highest BCUT2D eigenvalue weighted by Gasteiger charge is 2.11. The van der Waals surface area contributed by atoms with E-state index in [2.05, 4.69) is 27.0 Å². The van der Waals surface area contributed by atoms with Crippen LogP contribution in [0.4, 0.5) is 10.5 Å². The summed E-state index contributed by atoms with van der Waals surface area (Å²) in [5.41, 5.74) is 3.92. The normalized spacial score (nSPS) is 11.5. The van der Waals surface area contributed by atoms with Crippen molar-refractivity contribution < 1.29 is 9.59 Å². The van der Waals surface area contributed by atoms with Gasteiger partial charge in [-0.2, -0.15) is 0 Å². The van der Waals surface area contributed by atoms with Gasteiger partial charge in [0.2, 0.25) is 5.91 Å². The molecule has 0 aliphatic carbocycles. The number of nitrogens with zero attached hydrogens (tertiary/aromatic N) is 1. The van der Waals surface area contributed by atoms with E-state index in [-0.39, 0.29) is 24.5 Å². The summed E-state index contributed by atoms with van der Waals surface area (Å²) in [5.74, 6) is -0.308. The highest BCUT2D eigenvalue weighted by Crippen LogP contribution is 2.16. The van der Waals surface area contributed by atoms with Crippen molar-refractivity contribution in [2.45, 2.75) is 26.8 Å². The molecule has 0 saturated carbocycles. The molecule has 24 heavy (non-hydrogen) atoms. The van der Waals surface area contributed by atoms with Crippen LogP contribution in [0.1, 0.15) is 29.7 Å². The van der Waals surface area contributed by atoms with Gasteiger partial charge < -0.3 is 16.0 Å². The highest BCUT2D eigenvalue weighted by atomic mass is 16.2. The van der Waals surface area contributed by atoms with Crippen molar-refractivity contribution in [1.82, 2.24) is 15.6 Å². The van der Waals surface area contributed by atoms with Gasteiger partial charge in [-0.1, -0.05) is 29.3 Å². The van der Waals surface area contributed by atoms with Crippen LogP contribution in [0.15, 0.2) is 42.7 Å². The number of aromatic nitrogens is 1. The maximum Gasteiger partial charge on any atom is 0.315 e. The van der Waals surface area contributed by atoms with Gasteiger partial charge in [0.15, 0.2) is 0 Å². The lowest BCUT2D eigenvalue weighted by molar-refractivity contribution is -0.115. The van der Waals surface area contributed by atoms with Crippen LogP contribution in [0.2, 0.25) is 0 Å². The van der Waals surface area contributed by atoms with Gasteiger partial charge in [0.25, 0.3) is 0 Å². The minimum Gasteiger partial charge on any atom is -0.332 e. The van der Waals surface area contributed by atoms with Crippen LogP contribution in [0, 0.1) is 13.8 Å². The van der Waals surface area contributed by atoms with E-state index in [4.69, 9.17) is 0 Å². The number of hydrogen-bond donors (Lipinski definition) is 3. The maximum atomic E-state index is 11.9. The summed E-state index contributed by atoms with van der Waals surface area (Å²) < 4.78 is 0. The van der Waals surface area contributed by atoms with E-state index in [1.54, 1.807) is 24.5 Å². The first-order valence-corrected chi connectivity index (χ1v) is 7.76. The van der Waals surface area contributed by atoms with Crippen molar-refractivity contribution in [1.29, 1.82) is 0 Å². The molecule has 126 valence electrons. The van der Waals surface area contributed by atoms with E-state index >= 15 is 0 Å².